The second-order valence-electron chi connectivity index (χ2n) is 4.55. The van der Waals surface area contributed by atoms with Gasteiger partial charge in [0.2, 0.25) is 0 Å². The first-order valence-electron chi connectivity index (χ1n) is 6.27. The molecule has 0 unspecified atom stereocenters. The highest BCUT2D eigenvalue weighted by Crippen LogP contribution is 2.24. The number of phenolic OH excluding ortho intramolecular Hbond substituents is 1. The van der Waals surface area contributed by atoms with Gasteiger partial charge in [0.1, 0.15) is 17.1 Å². The first-order valence-corrected chi connectivity index (χ1v) is 6.27. The van der Waals surface area contributed by atoms with Crippen LogP contribution in [-0.4, -0.2) is 10.0 Å². The lowest BCUT2D eigenvalue weighted by molar-refractivity contribution is -0.384. The number of nitro benzene ring substituents is 1. The first-order chi connectivity index (χ1) is 10.1. The molecule has 0 bridgehead atoms. The molecular formula is C16H11NO4. The van der Waals surface area contributed by atoms with Crippen LogP contribution < -0.4 is 0 Å². The van der Waals surface area contributed by atoms with Gasteiger partial charge in [-0.25, -0.2) is 0 Å². The normalized spacial score (nSPS) is 11.2. The van der Waals surface area contributed by atoms with E-state index in [2.05, 4.69) is 0 Å². The molecular weight excluding hydrogens is 270 g/mol. The van der Waals surface area contributed by atoms with Crippen LogP contribution >= 0.6 is 0 Å². The van der Waals surface area contributed by atoms with Crippen molar-refractivity contribution in [1.29, 1.82) is 0 Å². The molecule has 5 nitrogen and oxygen atoms in total. The molecule has 0 fully saturated rings. The fourth-order valence-corrected chi connectivity index (χ4v) is 2.02. The molecule has 1 heterocycles. The van der Waals surface area contributed by atoms with Gasteiger partial charge in [-0.05, 0) is 48.0 Å². The standard InChI is InChI=1S/C16H11NO4/c18-14-6-8-16-12(9-14)10-15(21-16)7-3-11-1-4-13(5-2-11)17(19)20/h1-10,18H/b7-3+. The van der Waals surface area contributed by atoms with Crippen molar-refractivity contribution in [2.75, 3.05) is 0 Å². The van der Waals surface area contributed by atoms with E-state index in [4.69, 9.17) is 4.42 Å². The minimum absolute atomic E-state index is 0.0614. The SMILES string of the molecule is O=[N+]([O-])c1ccc(/C=C/c2cc3cc(O)ccc3o2)cc1. The predicted molar refractivity (Wildman–Crippen MR) is 79.9 cm³/mol. The summed E-state index contributed by atoms with van der Waals surface area (Å²) in [4.78, 5) is 10.1. The van der Waals surface area contributed by atoms with Gasteiger partial charge in [0.15, 0.2) is 0 Å². The van der Waals surface area contributed by atoms with Crippen molar-refractivity contribution in [3.8, 4) is 5.75 Å². The Balaban J connectivity index is 1.85. The number of rotatable bonds is 3. The topological polar surface area (TPSA) is 76.5 Å². The molecule has 5 heteroatoms. The van der Waals surface area contributed by atoms with E-state index in [9.17, 15) is 15.2 Å². The van der Waals surface area contributed by atoms with Crippen LogP contribution in [0.5, 0.6) is 5.75 Å². The van der Waals surface area contributed by atoms with Gasteiger partial charge in [0.05, 0.1) is 4.92 Å². The van der Waals surface area contributed by atoms with Crippen LogP contribution in [0, 0.1) is 10.1 Å². The highest BCUT2D eigenvalue weighted by atomic mass is 16.6. The molecule has 0 atom stereocenters. The summed E-state index contributed by atoms with van der Waals surface area (Å²) in [6.07, 6.45) is 3.58. The maximum absolute atomic E-state index is 10.6. The smallest absolute Gasteiger partial charge is 0.269 e. The van der Waals surface area contributed by atoms with Crippen LogP contribution in [0.25, 0.3) is 23.1 Å². The highest BCUT2D eigenvalue weighted by molar-refractivity contribution is 5.82. The number of phenols is 1. The second kappa shape index (κ2) is 5.13. The molecule has 0 radical (unpaired) electrons. The van der Waals surface area contributed by atoms with E-state index in [0.29, 0.717) is 11.3 Å². The second-order valence-corrected chi connectivity index (χ2v) is 4.55. The summed E-state index contributed by atoms with van der Waals surface area (Å²) in [7, 11) is 0. The number of aromatic hydroxyl groups is 1. The number of fused-ring (bicyclic) bond motifs is 1. The first kappa shape index (κ1) is 12.9. The van der Waals surface area contributed by atoms with Gasteiger partial charge in [-0.3, -0.25) is 10.1 Å². The van der Waals surface area contributed by atoms with Crippen LogP contribution in [-0.2, 0) is 0 Å². The Morgan fingerprint density at radius 2 is 1.81 bits per heavy atom. The van der Waals surface area contributed by atoms with Crippen molar-refractivity contribution in [2.45, 2.75) is 0 Å². The number of benzene rings is 2. The molecule has 0 aliphatic rings. The summed E-state index contributed by atoms with van der Waals surface area (Å²) in [6, 6.07) is 13.0. The summed E-state index contributed by atoms with van der Waals surface area (Å²) < 4.78 is 5.60. The molecule has 3 rings (SSSR count). The van der Waals surface area contributed by atoms with E-state index in [1.807, 2.05) is 6.07 Å². The number of non-ortho nitro benzene ring substituents is 1. The summed E-state index contributed by atoms with van der Waals surface area (Å²) in [5.41, 5.74) is 1.59. The van der Waals surface area contributed by atoms with Gasteiger partial charge in [-0.2, -0.15) is 0 Å². The number of nitrogens with zero attached hydrogens (tertiary/aromatic N) is 1. The fraction of sp³-hybridized carbons (Fsp3) is 0. The van der Waals surface area contributed by atoms with Gasteiger partial charge in [-0.1, -0.05) is 6.08 Å². The van der Waals surface area contributed by atoms with E-state index < -0.39 is 4.92 Å². The molecule has 104 valence electrons. The van der Waals surface area contributed by atoms with Crippen LogP contribution in [0.4, 0.5) is 5.69 Å². The Morgan fingerprint density at radius 1 is 1.05 bits per heavy atom. The molecule has 1 N–H and O–H groups in total. The number of nitro groups is 1. The molecule has 2 aromatic carbocycles. The third kappa shape index (κ3) is 2.76. The minimum atomic E-state index is -0.431. The van der Waals surface area contributed by atoms with Gasteiger partial charge in [0, 0.05) is 17.5 Å². The summed E-state index contributed by atoms with van der Waals surface area (Å²) in [5, 5.41) is 20.8. The van der Waals surface area contributed by atoms with Gasteiger partial charge < -0.3 is 9.52 Å². The van der Waals surface area contributed by atoms with Crippen LogP contribution in [0.15, 0.2) is 52.9 Å². The molecule has 1 aromatic heterocycles. The number of hydrogen-bond donors (Lipinski definition) is 1. The quantitative estimate of drug-likeness (QED) is 0.576. The van der Waals surface area contributed by atoms with Crippen LogP contribution in [0.2, 0.25) is 0 Å². The summed E-state index contributed by atoms with van der Waals surface area (Å²) in [6.45, 7) is 0. The molecule has 0 saturated heterocycles. The third-order valence-electron chi connectivity index (χ3n) is 3.06. The van der Waals surface area contributed by atoms with Crippen molar-refractivity contribution in [2.24, 2.45) is 0 Å². The maximum atomic E-state index is 10.6. The zero-order chi connectivity index (χ0) is 14.8. The van der Waals surface area contributed by atoms with Crippen molar-refractivity contribution in [1.82, 2.24) is 0 Å². The van der Waals surface area contributed by atoms with E-state index in [0.717, 1.165) is 10.9 Å². The highest BCUT2D eigenvalue weighted by Gasteiger charge is 2.04. The zero-order valence-electron chi connectivity index (χ0n) is 10.9. The molecule has 0 aliphatic carbocycles. The summed E-state index contributed by atoms with van der Waals surface area (Å²) >= 11 is 0. The zero-order valence-corrected chi connectivity index (χ0v) is 10.9. The third-order valence-corrected chi connectivity index (χ3v) is 3.06. The Hall–Kier alpha value is -3.08. The lowest BCUT2D eigenvalue weighted by atomic mass is 10.2. The average Bonchev–Trinajstić information content (AvgIpc) is 2.87. The molecule has 0 amide bonds. The van der Waals surface area contributed by atoms with Crippen LogP contribution in [0.3, 0.4) is 0 Å². The Kier molecular flexibility index (Phi) is 3.16. The molecule has 0 aliphatic heterocycles. The van der Waals surface area contributed by atoms with Gasteiger partial charge >= 0.3 is 0 Å². The van der Waals surface area contributed by atoms with Gasteiger partial charge in [-0.15, -0.1) is 0 Å². The van der Waals surface area contributed by atoms with Gasteiger partial charge in [0.25, 0.3) is 5.69 Å². The lowest BCUT2D eigenvalue weighted by Gasteiger charge is -1.93. The Morgan fingerprint density at radius 3 is 2.52 bits per heavy atom. The fourth-order valence-electron chi connectivity index (χ4n) is 2.02. The molecule has 0 saturated carbocycles. The monoisotopic (exact) mass is 281 g/mol. The Labute approximate surface area is 119 Å². The lowest BCUT2D eigenvalue weighted by Crippen LogP contribution is -1.86. The molecule has 21 heavy (non-hydrogen) atoms. The maximum Gasteiger partial charge on any atom is 0.269 e. The number of hydrogen-bond acceptors (Lipinski definition) is 4. The predicted octanol–water partition coefficient (Wildman–Crippen LogP) is 4.22. The Bertz CT molecular complexity index is 831. The van der Waals surface area contributed by atoms with Crippen molar-refractivity contribution in [3.05, 3.63) is 70.0 Å². The van der Waals surface area contributed by atoms with E-state index in [1.54, 1.807) is 42.5 Å². The van der Waals surface area contributed by atoms with E-state index >= 15 is 0 Å². The van der Waals surface area contributed by atoms with Crippen LogP contribution in [0.1, 0.15) is 11.3 Å². The molecule has 3 aromatic rings. The van der Waals surface area contributed by atoms with Crippen molar-refractivity contribution in [3.63, 3.8) is 0 Å². The van der Waals surface area contributed by atoms with Crippen molar-refractivity contribution >= 4 is 28.8 Å². The summed E-state index contributed by atoms with van der Waals surface area (Å²) in [5.74, 6) is 0.836. The number of furan rings is 1. The molecule has 0 spiro atoms. The van der Waals surface area contributed by atoms with Crippen molar-refractivity contribution < 1.29 is 14.4 Å². The average molecular weight is 281 g/mol. The largest absolute Gasteiger partial charge is 0.508 e. The van der Waals surface area contributed by atoms with E-state index in [1.165, 1.54) is 12.1 Å². The van der Waals surface area contributed by atoms with E-state index in [-0.39, 0.29) is 11.4 Å². The minimum Gasteiger partial charge on any atom is -0.508 e.